The highest BCUT2D eigenvalue weighted by atomic mass is 35.5. The van der Waals surface area contributed by atoms with Gasteiger partial charge in [0.05, 0.1) is 16.3 Å². The van der Waals surface area contributed by atoms with E-state index in [1.54, 1.807) is 29.1 Å². The van der Waals surface area contributed by atoms with Gasteiger partial charge in [0.15, 0.2) is 5.82 Å². The molecule has 0 unspecified atom stereocenters. The maximum absolute atomic E-state index is 6.22. The Kier molecular flexibility index (Phi) is 6.48. The average Bonchev–Trinajstić information content (AvgIpc) is 2.95. The van der Waals surface area contributed by atoms with Gasteiger partial charge in [0.2, 0.25) is 5.16 Å². The standard InChI is InChI=1S/C17H12Cl4N4S/c1-10-23-24-17(26-9-12-3-4-13(18)7-15(12)20)25(10)22-8-11-2-5-14(19)16(21)6-11/h2-8H,9H2,1H3/b22-8+. The van der Waals surface area contributed by atoms with Crippen molar-refractivity contribution in [3.63, 3.8) is 0 Å². The van der Waals surface area contributed by atoms with Crippen LogP contribution in [0.3, 0.4) is 0 Å². The zero-order chi connectivity index (χ0) is 18.7. The molecule has 0 fully saturated rings. The summed E-state index contributed by atoms with van der Waals surface area (Å²) in [5, 5.41) is 15.6. The summed E-state index contributed by atoms with van der Waals surface area (Å²) in [5.41, 5.74) is 1.78. The molecule has 0 saturated heterocycles. The molecule has 0 N–H and O–H groups in total. The van der Waals surface area contributed by atoms with Crippen molar-refractivity contribution >= 4 is 64.4 Å². The number of nitrogens with zero attached hydrogens (tertiary/aromatic N) is 4. The molecule has 1 aromatic heterocycles. The minimum absolute atomic E-state index is 0.475. The van der Waals surface area contributed by atoms with E-state index >= 15 is 0 Å². The monoisotopic (exact) mass is 444 g/mol. The van der Waals surface area contributed by atoms with Gasteiger partial charge >= 0.3 is 0 Å². The third-order valence-corrected chi connectivity index (χ3v) is 5.70. The minimum Gasteiger partial charge on any atom is -0.192 e. The third kappa shape index (κ3) is 4.72. The Bertz CT molecular complexity index is 971. The molecule has 0 aliphatic heterocycles. The molecule has 0 spiro atoms. The summed E-state index contributed by atoms with van der Waals surface area (Å²) in [6.45, 7) is 1.83. The topological polar surface area (TPSA) is 43.1 Å². The molecule has 134 valence electrons. The largest absolute Gasteiger partial charge is 0.212 e. The minimum atomic E-state index is 0.475. The number of rotatable bonds is 5. The molecule has 0 aliphatic rings. The lowest BCUT2D eigenvalue weighted by molar-refractivity contribution is 0.744. The molecular weight excluding hydrogens is 434 g/mol. The second-order valence-corrected chi connectivity index (χ2v) is 7.88. The Labute approximate surface area is 175 Å². The quantitative estimate of drug-likeness (QED) is 0.338. The number of halogens is 4. The Morgan fingerprint density at radius 1 is 1.00 bits per heavy atom. The average molecular weight is 446 g/mol. The van der Waals surface area contributed by atoms with E-state index in [-0.39, 0.29) is 0 Å². The summed E-state index contributed by atoms with van der Waals surface area (Å²) in [4.78, 5) is 0. The lowest BCUT2D eigenvalue weighted by Crippen LogP contribution is -1.96. The van der Waals surface area contributed by atoms with Crippen molar-refractivity contribution in [1.29, 1.82) is 0 Å². The number of hydrogen-bond acceptors (Lipinski definition) is 4. The van der Waals surface area contributed by atoms with Crippen molar-refractivity contribution in [2.45, 2.75) is 17.8 Å². The van der Waals surface area contributed by atoms with Gasteiger partial charge in [0.25, 0.3) is 0 Å². The van der Waals surface area contributed by atoms with Crippen LogP contribution in [0.1, 0.15) is 17.0 Å². The molecule has 3 rings (SSSR count). The number of benzene rings is 2. The first kappa shape index (κ1) is 19.5. The number of aryl methyl sites for hydroxylation is 1. The van der Waals surface area contributed by atoms with E-state index < -0.39 is 0 Å². The smallest absolute Gasteiger partial charge is 0.192 e. The van der Waals surface area contributed by atoms with E-state index in [2.05, 4.69) is 15.3 Å². The molecular formula is C17H12Cl4N4S. The normalized spacial score (nSPS) is 11.4. The summed E-state index contributed by atoms with van der Waals surface area (Å²) in [6, 6.07) is 10.7. The second-order valence-electron chi connectivity index (χ2n) is 5.28. The fourth-order valence-electron chi connectivity index (χ4n) is 2.06. The summed E-state index contributed by atoms with van der Waals surface area (Å²) in [5.74, 6) is 1.29. The highest BCUT2D eigenvalue weighted by molar-refractivity contribution is 7.98. The summed E-state index contributed by atoms with van der Waals surface area (Å²) in [6.07, 6.45) is 1.68. The van der Waals surface area contributed by atoms with E-state index in [0.29, 0.717) is 36.8 Å². The fraction of sp³-hybridized carbons (Fsp3) is 0.118. The Morgan fingerprint density at radius 2 is 1.81 bits per heavy atom. The molecule has 0 bridgehead atoms. The molecule has 3 aromatic rings. The van der Waals surface area contributed by atoms with Gasteiger partial charge in [0.1, 0.15) is 0 Å². The zero-order valence-corrected chi connectivity index (χ0v) is 17.3. The Hall–Kier alpha value is -1.24. The Balaban J connectivity index is 1.78. The number of aromatic nitrogens is 3. The predicted molar refractivity (Wildman–Crippen MR) is 110 cm³/mol. The Morgan fingerprint density at radius 3 is 2.54 bits per heavy atom. The summed E-state index contributed by atoms with van der Waals surface area (Å²) >= 11 is 25.6. The van der Waals surface area contributed by atoms with Crippen LogP contribution < -0.4 is 0 Å². The second kappa shape index (κ2) is 8.63. The lowest BCUT2D eigenvalue weighted by Gasteiger charge is -2.05. The van der Waals surface area contributed by atoms with Crippen LogP contribution in [-0.2, 0) is 5.75 Å². The maximum Gasteiger partial charge on any atom is 0.212 e. The van der Waals surface area contributed by atoms with Gasteiger partial charge in [-0.05, 0) is 42.3 Å². The molecule has 0 aliphatic carbocycles. The van der Waals surface area contributed by atoms with Gasteiger partial charge in [0, 0.05) is 15.8 Å². The van der Waals surface area contributed by atoms with Crippen molar-refractivity contribution in [3.05, 3.63) is 73.4 Å². The van der Waals surface area contributed by atoms with Crippen LogP contribution >= 0.6 is 58.2 Å². The van der Waals surface area contributed by atoms with Crippen LogP contribution in [0.15, 0.2) is 46.7 Å². The summed E-state index contributed by atoms with van der Waals surface area (Å²) < 4.78 is 1.66. The van der Waals surface area contributed by atoms with E-state index in [1.807, 2.05) is 25.1 Å². The predicted octanol–water partition coefficient (Wildman–Crippen LogP) is 6.37. The van der Waals surface area contributed by atoms with E-state index in [1.165, 1.54) is 11.8 Å². The molecule has 2 aromatic carbocycles. The van der Waals surface area contributed by atoms with Crippen LogP contribution in [-0.4, -0.2) is 21.1 Å². The van der Waals surface area contributed by atoms with Crippen molar-refractivity contribution in [3.8, 4) is 0 Å². The molecule has 0 atom stereocenters. The highest BCUT2D eigenvalue weighted by Gasteiger charge is 2.10. The molecule has 4 nitrogen and oxygen atoms in total. The van der Waals surface area contributed by atoms with Gasteiger partial charge in [-0.2, -0.15) is 9.78 Å². The first-order valence-corrected chi connectivity index (χ1v) is 9.92. The lowest BCUT2D eigenvalue weighted by atomic mass is 10.2. The number of hydrogen-bond donors (Lipinski definition) is 0. The molecule has 1 heterocycles. The van der Waals surface area contributed by atoms with Crippen LogP contribution in [0.25, 0.3) is 0 Å². The zero-order valence-electron chi connectivity index (χ0n) is 13.5. The molecule has 0 amide bonds. The third-order valence-electron chi connectivity index (χ3n) is 3.41. The maximum atomic E-state index is 6.22. The molecule has 0 saturated carbocycles. The van der Waals surface area contributed by atoms with E-state index in [0.717, 1.165) is 11.1 Å². The van der Waals surface area contributed by atoms with Crippen molar-refractivity contribution in [1.82, 2.24) is 14.9 Å². The van der Waals surface area contributed by atoms with Crippen molar-refractivity contribution in [2.24, 2.45) is 5.10 Å². The van der Waals surface area contributed by atoms with Gasteiger partial charge in [-0.1, -0.05) is 70.3 Å². The van der Waals surface area contributed by atoms with E-state index in [9.17, 15) is 0 Å². The molecule has 0 radical (unpaired) electrons. The van der Waals surface area contributed by atoms with Gasteiger partial charge in [-0.15, -0.1) is 10.2 Å². The first-order chi connectivity index (χ1) is 12.4. The first-order valence-electron chi connectivity index (χ1n) is 7.42. The van der Waals surface area contributed by atoms with Gasteiger partial charge in [-0.25, -0.2) is 0 Å². The highest BCUT2D eigenvalue weighted by Crippen LogP contribution is 2.28. The summed E-state index contributed by atoms with van der Waals surface area (Å²) in [7, 11) is 0. The molecule has 9 heteroatoms. The SMILES string of the molecule is Cc1nnc(SCc2ccc(Cl)cc2Cl)n1/N=C/c1ccc(Cl)c(Cl)c1. The van der Waals surface area contributed by atoms with Gasteiger partial charge < -0.3 is 0 Å². The van der Waals surface area contributed by atoms with E-state index in [4.69, 9.17) is 46.4 Å². The van der Waals surface area contributed by atoms with Gasteiger partial charge in [-0.3, -0.25) is 0 Å². The van der Waals surface area contributed by atoms with Crippen molar-refractivity contribution < 1.29 is 0 Å². The van der Waals surface area contributed by atoms with Crippen LogP contribution in [0.5, 0.6) is 0 Å². The van der Waals surface area contributed by atoms with Crippen LogP contribution in [0, 0.1) is 6.92 Å². The van der Waals surface area contributed by atoms with Crippen LogP contribution in [0.4, 0.5) is 0 Å². The molecule has 26 heavy (non-hydrogen) atoms. The number of thioether (sulfide) groups is 1. The van der Waals surface area contributed by atoms with Crippen molar-refractivity contribution in [2.75, 3.05) is 0 Å². The van der Waals surface area contributed by atoms with Crippen LogP contribution in [0.2, 0.25) is 20.1 Å². The fourth-order valence-corrected chi connectivity index (χ4v) is 3.86.